The first kappa shape index (κ1) is 11.4. The van der Waals surface area contributed by atoms with E-state index in [-0.39, 0.29) is 17.4 Å². The molecule has 0 amide bonds. The molecule has 0 fully saturated rings. The number of aldehydes is 1. The molecule has 4 nitrogen and oxygen atoms in total. The van der Waals surface area contributed by atoms with Crippen LogP contribution in [-0.2, 0) is 0 Å². The molecule has 15 heavy (non-hydrogen) atoms. The fourth-order valence-electron chi connectivity index (χ4n) is 1.16. The maximum Gasteiger partial charge on any atom is 0.165 e. The number of aromatic hydroxyl groups is 1. The number of hydrogen-bond donors (Lipinski definition) is 1. The quantitative estimate of drug-likeness (QED) is 0.772. The van der Waals surface area contributed by atoms with E-state index in [2.05, 4.69) is 0 Å². The van der Waals surface area contributed by atoms with Crippen molar-refractivity contribution in [2.75, 3.05) is 7.11 Å². The van der Waals surface area contributed by atoms with E-state index in [1.54, 1.807) is 0 Å². The first-order chi connectivity index (χ1) is 7.08. The Morgan fingerprint density at radius 1 is 1.33 bits per heavy atom. The molecule has 0 aliphatic heterocycles. The summed E-state index contributed by atoms with van der Waals surface area (Å²) < 4.78 is 10.5. The standard InChI is InChI=1S/C11H14O4/c1-7(2)15-11-5-9(13)8(6-12)4-10(11)14-3/h4-7,13H,1-3H3. The number of hydrogen-bond acceptors (Lipinski definition) is 4. The molecule has 0 aliphatic rings. The highest BCUT2D eigenvalue weighted by Crippen LogP contribution is 2.33. The van der Waals surface area contributed by atoms with E-state index in [9.17, 15) is 9.90 Å². The second kappa shape index (κ2) is 4.68. The predicted octanol–water partition coefficient (Wildman–Crippen LogP) is 2.00. The molecular weight excluding hydrogens is 196 g/mol. The largest absolute Gasteiger partial charge is 0.507 e. The van der Waals surface area contributed by atoms with E-state index < -0.39 is 0 Å². The summed E-state index contributed by atoms with van der Waals surface area (Å²) in [4.78, 5) is 10.6. The molecule has 0 saturated carbocycles. The lowest BCUT2D eigenvalue weighted by Crippen LogP contribution is -2.06. The van der Waals surface area contributed by atoms with Crippen LogP contribution in [-0.4, -0.2) is 24.6 Å². The summed E-state index contributed by atoms with van der Waals surface area (Å²) in [6.45, 7) is 3.73. The van der Waals surface area contributed by atoms with Crippen LogP contribution < -0.4 is 9.47 Å². The van der Waals surface area contributed by atoms with Gasteiger partial charge in [0.1, 0.15) is 5.75 Å². The van der Waals surface area contributed by atoms with E-state index in [4.69, 9.17) is 9.47 Å². The van der Waals surface area contributed by atoms with Crippen LogP contribution in [0.5, 0.6) is 17.2 Å². The van der Waals surface area contributed by atoms with E-state index in [0.717, 1.165) is 0 Å². The molecule has 0 aromatic heterocycles. The Kier molecular flexibility index (Phi) is 3.55. The zero-order valence-electron chi connectivity index (χ0n) is 8.98. The highest BCUT2D eigenvalue weighted by atomic mass is 16.5. The minimum atomic E-state index is -0.110. The second-order valence-corrected chi connectivity index (χ2v) is 3.35. The number of benzene rings is 1. The minimum absolute atomic E-state index is 0.0274. The summed E-state index contributed by atoms with van der Waals surface area (Å²) in [6, 6.07) is 2.82. The van der Waals surface area contributed by atoms with E-state index >= 15 is 0 Å². The van der Waals surface area contributed by atoms with Gasteiger partial charge in [0.05, 0.1) is 18.8 Å². The number of phenolic OH excluding ortho intramolecular Hbond substituents is 1. The van der Waals surface area contributed by atoms with Gasteiger partial charge >= 0.3 is 0 Å². The zero-order valence-corrected chi connectivity index (χ0v) is 8.98. The molecule has 0 saturated heterocycles. The summed E-state index contributed by atoms with van der Waals surface area (Å²) in [7, 11) is 1.48. The average molecular weight is 210 g/mol. The minimum Gasteiger partial charge on any atom is -0.507 e. The number of ether oxygens (including phenoxy) is 2. The molecule has 0 heterocycles. The van der Waals surface area contributed by atoms with E-state index in [1.165, 1.54) is 19.2 Å². The number of methoxy groups -OCH3 is 1. The Balaban J connectivity index is 3.15. The number of carbonyl (C=O) groups is 1. The van der Waals surface area contributed by atoms with Crippen LogP contribution in [0.3, 0.4) is 0 Å². The Morgan fingerprint density at radius 2 is 2.00 bits per heavy atom. The SMILES string of the molecule is COc1cc(C=O)c(O)cc1OC(C)C. The van der Waals surface area contributed by atoms with Crippen molar-refractivity contribution in [1.29, 1.82) is 0 Å². The van der Waals surface area contributed by atoms with Gasteiger partial charge in [-0.15, -0.1) is 0 Å². The van der Waals surface area contributed by atoms with Crippen molar-refractivity contribution in [3.63, 3.8) is 0 Å². The van der Waals surface area contributed by atoms with Crippen LogP contribution in [0.25, 0.3) is 0 Å². The zero-order chi connectivity index (χ0) is 11.4. The first-order valence-electron chi connectivity index (χ1n) is 4.61. The molecule has 1 N–H and O–H groups in total. The smallest absolute Gasteiger partial charge is 0.165 e. The van der Waals surface area contributed by atoms with Gasteiger partial charge in [-0.25, -0.2) is 0 Å². The summed E-state index contributed by atoms with van der Waals surface area (Å²) in [6.07, 6.45) is 0.539. The Labute approximate surface area is 88.4 Å². The van der Waals surface area contributed by atoms with Crippen molar-refractivity contribution in [3.05, 3.63) is 17.7 Å². The van der Waals surface area contributed by atoms with Gasteiger partial charge in [-0.3, -0.25) is 4.79 Å². The Bertz CT molecular complexity index is 358. The van der Waals surface area contributed by atoms with Gasteiger partial charge < -0.3 is 14.6 Å². The van der Waals surface area contributed by atoms with Crippen LogP contribution in [0.2, 0.25) is 0 Å². The highest BCUT2D eigenvalue weighted by molar-refractivity contribution is 5.81. The normalized spacial score (nSPS) is 10.1. The highest BCUT2D eigenvalue weighted by Gasteiger charge is 2.11. The third-order valence-electron chi connectivity index (χ3n) is 1.80. The van der Waals surface area contributed by atoms with E-state index in [0.29, 0.717) is 17.8 Å². The molecule has 0 radical (unpaired) electrons. The molecule has 1 rings (SSSR count). The van der Waals surface area contributed by atoms with Crippen molar-refractivity contribution < 1.29 is 19.4 Å². The van der Waals surface area contributed by atoms with Crippen molar-refractivity contribution in [2.45, 2.75) is 20.0 Å². The second-order valence-electron chi connectivity index (χ2n) is 3.35. The molecule has 0 unspecified atom stereocenters. The van der Waals surface area contributed by atoms with Crippen molar-refractivity contribution in [2.24, 2.45) is 0 Å². The van der Waals surface area contributed by atoms with Gasteiger partial charge in [-0.1, -0.05) is 0 Å². The van der Waals surface area contributed by atoms with Crippen LogP contribution >= 0.6 is 0 Å². The van der Waals surface area contributed by atoms with E-state index in [1.807, 2.05) is 13.8 Å². The molecule has 82 valence electrons. The molecule has 0 atom stereocenters. The van der Waals surface area contributed by atoms with Crippen LogP contribution in [0.1, 0.15) is 24.2 Å². The molecular formula is C11H14O4. The van der Waals surface area contributed by atoms with Gasteiger partial charge in [0.2, 0.25) is 0 Å². The molecule has 1 aromatic rings. The maximum absolute atomic E-state index is 10.6. The van der Waals surface area contributed by atoms with Gasteiger partial charge in [-0.2, -0.15) is 0 Å². The monoisotopic (exact) mass is 210 g/mol. The Hall–Kier alpha value is -1.71. The molecule has 0 spiro atoms. The lowest BCUT2D eigenvalue weighted by Gasteiger charge is -2.14. The average Bonchev–Trinajstić information content (AvgIpc) is 2.17. The van der Waals surface area contributed by atoms with Crippen molar-refractivity contribution in [3.8, 4) is 17.2 Å². The van der Waals surface area contributed by atoms with Gasteiger partial charge in [0.25, 0.3) is 0 Å². The maximum atomic E-state index is 10.6. The summed E-state index contributed by atoms with van der Waals surface area (Å²) in [5.41, 5.74) is 0.183. The molecule has 4 heteroatoms. The van der Waals surface area contributed by atoms with Gasteiger partial charge in [0, 0.05) is 6.07 Å². The van der Waals surface area contributed by atoms with Gasteiger partial charge in [-0.05, 0) is 19.9 Å². The van der Waals surface area contributed by atoms with Crippen molar-refractivity contribution >= 4 is 6.29 Å². The van der Waals surface area contributed by atoms with Crippen LogP contribution in [0, 0.1) is 0 Å². The lowest BCUT2D eigenvalue weighted by molar-refractivity contribution is 0.112. The number of rotatable bonds is 4. The first-order valence-corrected chi connectivity index (χ1v) is 4.61. The third-order valence-corrected chi connectivity index (χ3v) is 1.80. The van der Waals surface area contributed by atoms with Crippen LogP contribution in [0.4, 0.5) is 0 Å². The van der Waals surface area contributed by atoms with Gasteiger partial charge in [0.15, 0.2) is 17.8 Å². The summed E-state index contributed by atoms with van der Waals surface area (Å²) in [5, 5.41) is 9.46. The predicted molar refractivity (Wildman–Crippen MR) is 55.8 cm³/mol. The summed E-state index contributed by atoms with van der Waals surface area (Å²) >= 11 is 0. The fourth-order valence-corrected chi connectivity index (χ4v) is 1.16. The fraction of sp³-hybridized carbons (Fsp3) is 0.364. The summed E-state index contributed by atoms with van der Waals surface area (Å²) in [5.74, 6) is 0.751. The topological polar surface area (TPSA) is 55.8 Å². The molecule has 0 bridgehead atoms. The number of phenols is 1. The van der Waals surface area contributed by atoms with Crippen LogP contribution in [0.15, 0.2) is 12.1 Å². The molecule has 1 aromatic carbocycles. The number of carbonyl (C=O) groups excluding carboxylic acids is 1. The van der Waals surface area contributed by atoms with Crippen molar-refractivity contribution in [1.82, 2.24) is 0 Å². The third kappa shape index (κ3) is 2.62. The molecule has 0 aliphatic carbocycles. The lowest BCUT2D eigenvalue weighted by atomic mass is 10.2. The Morgan fingerprint density at radius 3 is 2.47 bits per heavy atom.